The molecule has 1 amide bonds. The third-order valence-corrected chi connectivity index (χ3v) is 8.06. The van der Waals surface area contributed by atoms with Gasteiger partial charge in [0.15, 0.2) is 0 Å². The minimum atomic E-state index is -3.60. The number of aromatic nitrogens is 1. The Morgan fingerprint density at radius 2 is 1.86 bits per heavy atom. The summed E-state index contributed by atoms with van der Waals surface area (Å²) in [7, 11) is -1.66. The zero-order valence-corrected chi connectivity index (χ0v) is 17.2. The number of sulfonamides is 1. The molecular weight excluding hydrogens is 374 g/mol. The zero-order chi connectivity index (χ0) is 19.7. The van der Waals surface area contributed by atoms with E-state index in [9.17, 15) is 13.2 Å². The fraction of sp³-hybridized carbons (Fsp3) is 0.571. The molecule has 6 nitrogen and oxygen atoms in total. The maximum Gasteiger partial charge on any atom is 0.243 e. The molecule has 1 saturated carbocycles. The van der Waals surface area contributed by atoms with Gasteiger partial charge in [-0.2, -0.15) is 4.31 Å². The van der Waals surface area contributed by atoms with E-state index in [1.807, 2.05) is 29.9 Å². The number of nitrogens with one attached hydrogen (secondary N) is 1. The minimum absolute atomic E-state index is 0.0188. The molecule has 0 radical (unpaired) electrons. The first kappa shape index (κ1) is 19.5. The van der Waals surface area contributed by atoms with Crippen molar-refractivity contribution in [1.29, 1.82) is 0 Å². The summed E-state index contributed by atoms with van der Waals surface area (Å²) >= 11 is 0. The van der Waals surface area contributed by atoms with Gasteiger partial charge in [-0.25, -0.2) is 8.42 Å². The minimum Gasteiger partial charge on any atom is -0.353 e. The Labute approximate surface area is 166 Å². The van der Waals surface area contributed by atoms with Crippen molar-refractivity contribution in [3.8, 4) is 0 Å². The molecule has 152 valence electrons. The van der Waals surface area contributed by atoms with E-state index >= 15 is 0 Å². The van der Waals surface area contributed by atoms with E-state index in [0.717, 1.165) is 49.4 Å². The van der Waals surface area contributed by atoms with Crippen LogP contribution in [0.4, 0.5) is 0 Å². The molecule has 1 atom stereocenters. The predicted molar refractivity (Wildman–Crippen MR) is 109 cm³/mol. The number of aryl methyl sites for hydroxylation is 1. The number of carbonyl (C=O) groups excluding carboxylic acids is 1. The van der Waals surface area contributed by atoms with Gasteiger partial charge in [0, 0.05) is 43.3 Å². The molecule has 0 spiro atoms. The Morgan fingerprint density at radius 3 is 2.64 bits per heavy atom. The lowest BCUT2D eigenvalue weighted by Gasteiger charge is -2.32. The van der Waals surface area contributed by atoms with Gasteiger partial charge in [-0.3, -0.25) is 4.79 Å². The Kier molecular flexibility index (Phi) is 5.47. The lowest BCUT2D eigenvalue weighted by atomic mass is 9.93. The number of nitrogens with zero attached hydrogens (tertiary/aromatic N) is 2. The molecule has 0 bridgehead atoms. The number of benzene rings is 1. The number of hydrogen-bond donors (Lipinski definition) is 1. The monoisotopic (exact) mass is 403 g/mol. The van der Waals surface area contributed by atoms with Crippen molar-refractivity contribution >= 4 is 26.8 Å². The second-order valence-corrected chi connectivity index (χ2v) is 10.1. The topological polar surface area (TPSA) is 71.4 Å². The number of carbonyl (C=O) groups is 1. The van der Waals surface area contributed by atoms with Crippen molar-refractivity contribution in [2.45, 2.75) is 55.9 Å². The Bertz CT molecular complexity index is 960. The average molecular weight is 404 g/mol. The highest BCUT2D eigenvalue weighted by molar-refractivity contribution is 7.89. The molecule has 1 saturated heterocycles. The van der Waals surface area contributed by atoms with Crippen molar-refractivity contribution in [3.63, 3.8) is 0 Å². The van der Waals surface area contributed by atoms with Crippen LogP contribution in [0.2, 0.25) is 0 Å². The van der Waals surface area contributed by atoms with Crippen LogP contribution in [-0.4, -0.2) is 42.3 Å². The number of hydrogen-bond acceptors (Lipinski definition) is 3. The third kappa shape index (κ3) is 3.82. The molecule has 28 heavy (non-hydrogen) atoms. The van der Waals surface area contributed by atoms with Gasteiger partial charge in [0.25, 0.3) is 0 Å². The van der Waals surface area contributed by atoms with Crippen LogP contribution in [0.5, 0.6) is 0 Å². The number of fused-ring (bicyclic) bond motifs is 1. The smallest absolute Gasteiger partial charge is 0.243 e. The van der Waals surface area contributed by atoms with Gasteiger partial charge in [0.2, 0.25) is 15.9 Å². The van der Waals surface area contributed by atoms with Gasteiger partial charge in [-0.1, -0.05) is 19.3 Å². The Balaban J connectivity index is 1.48. The molecule has 1 aromatic heterocycles. The normalized spacial score (nSPS) is 22.4. The van der Waals surface area contributed by atoms with Crippen LogP contribution in [0, 0.1) is 5.92 Å². The summed E-state index contributed by atoms with van der Waals surface area (Å²) in [6.07, 6.45) is 9.05. The molecular formula is C21H29N3O3S. The van der Waals surface area contributed by atoms with E-state index in [2.05, 4.69) is 5.32 Å². The van der Waals surface area contributed by atoms with Gasteiger partial charge in [-0.05, 0) is 49.9 Å². The summed E-state index contributed by atoms with van der Waals surface area (Å²) in [4.78, 5) is 13.0. The number of amides is 1. The summed E-state index contributed by atoms with van der Waals surface area (Å²) in [6, 6.07) is 7.43. The van der Waals surface area contributed by atoms with Crippen LogP contribution in [0.3, 0.4) is 0 Å². The van der Waals surface area contributed by atoms with Gasteiger partial charge >= 0.3 is 0 Å². The molecule has 1 aliphatic heterocycles. The van der Waals surface area contributed by atoms with Gasteiger partial charge in [-0.15, -0.1) is 0 Å². The van der Waals surface area contributed by atoms with Gasteiger partial charge < -0.3 is 9.88 Å². The molecule has 4 rings (SSSR count). The van der Waals surface area contributed by atoms with Crippen molar-refractivity contribution in [2.24, 2.45) is 13.0 Å². The first-order valence-corrected chi connectivity index (χ1v) is 11.7. The zero-order valence-electron chi connectivity index (χ0n) is 16.4. The molecule has 1 N–H and O–H groups in total. The quantitative estimate of drug-likeness (QED) is 0.853. The van der Waals surface area contributed by atoms with Crippen molar-refractivity contribution in [1.82, 2.24) is 14.2 Å². The number of piperidine rings is 1. The molecule has 1 aromatic carbocycles. The molecule has 2 aliphatic rings. The molecule has 1 unspecified atom stereocenters. The second kappa shape index (κ2) is 7.87. The van der Waals surface area contributed by atoms with Crippen LogP contribution in [0.1, 0.15) is 44.9 Å². The highest BCUT2D eigenvalue weighted by atomic mass is 32.2. The van der Waals surface area contributed by atoms with Gasteiger partial charge in [0.05, 0.1) is 10.8 Å². The predicted octanol–water partition coefficient (Wildman–Crippen LogP) is 3.03. The summed E-state index contributed by atoms with van der Waals surface area (Å²) in [5.41, 5.74) is 1.00. The van der Waals surface area contributed by atoms with Crippen LogP contribution in [-0.2, 0) is 21.9 Å². The fourth-order valence-corrected chi connectivity index (χ4v) is 6.07. The first-order valence-electron chi connectivity index (χ1n) is 10.3. The molecule has 7 heteroatoms. The highest BCUT2D eigenvalue weighted by Crippen LogP contribution is 2.27. The number of rotatable bonds is 4. The highest BCUT2D eigenvalue weighted by Gasteiger charge is 2.34. The lowest BCUT2D eigenvalue weighted by molar-refractivity contribution is -0.127. The first-order chi connectivity index (χ1) is 13.4. The summed E-state index contributed by atoms with van der Waals surface area (Å²) in [5.74, 6) is -0.240. The van der Waals surface area contributed by atoms with Gasteiger partial charge in [0.1, 0.15) is 0 Å². The maximum atomic E-state index is 13.2. The lowest BCUT2D eigenvalue weighted by Crippen LogP contribution is -2.47. The summed E-state index contributed by atoms with van der Waals surface area (Å²) in [5, 5.41) is 4.07. The molecule has 2 heterocycles. The van der Waals surface area contributed by atoms with Crippen molar-refractivity contribution in [3.05, 3.63) is 30.5 Å². The fourth-order valence-electron chi connectivity index (χ4n) is 4.51. The second-order valence-electron chi connectivity index (χ2n) is 8.19. The van der Waals surface area contributed by atoms with Crippen LogP contribution in [0.15, 0.2) is 35.4 Å². The standard InChI is InChI=1S/C21H29N3O3S/c1-23-13-11-16-14-19(9-10-20(16)23)28(26,27)24-12-5-6-17(15-24)21(25)22-18-7-3-2-4-8-18/h9-11,13-14,17-18H,2-8,12,15H2,1H3,(H,22,25). The van der Waals surface area contributed by atoms with Crippen molar-refractivity contribution < 1.29 is 13.2 Å². The third-order valence-electron chi connectivity index (χ3n) is 6.20. The Morgan fingerprint density at radius 1 is 1.07 bits per heavy atom. The van der Waals surface area contributed by atoms with Crippen LogP contribution >= 0.6 is 0 Å². The largest absolute Gasteiger partial charge is 0.353 e. The van der Waals surface area contributed by atoms with E-state index in [0.29, 0.717) is 11.4 Å². The maximum absolute atomic E-state index is 13.2. The molecule has 1 aliphatic carbocycles. The van der Waals surface area contributed by atoms with E-state index in [-0.39, 0.29) is 24.4 Å². The molecule has 2 aromatic rings. The Hall–Kier alpha value is -1.86. The van der Waals surface area contributed by atoms with E-state index in [1.54, 1.807) is 12.1 Å². The van der Waals surface area contributed by atoms with E-state index < -0.39 is 10.0 Å². The van der Waals surface area contributed by atoms with Crippen LogP contribution < -0.4 is 5.32 Å². The summed E-state index contributed by atoms with van der Waals surface area (Å²) < 4.78 is 29.8. The van der Waals surface area contributed by atoms with E-state index in [4.69, 9.17) is 0 Å². The van der Waals surface area contributed by atoms with Crippen LogP contribution in [0.25, 0.3) is 10.9 Å². The SMILES string of the molecule is Cn1ccc2cc(S(=O)(=O)N3CCCC(C(=O)NC4CCCCC4)C3)ccc21. The average Bonchev–Trinajstić information content (AvgIpc) is 3.09. The van der Waals surface area contributed by atoms with Crippen molar-refractivity contribution in [2.75, 3.05) is 13.1 Å². The van der Waals surface area contributed by atoms with E-state index in [1.165, 1.54) is 10.7 Å². The summed E-state index contributed by atoms with van der Waals surface area (Å²) in [6.45, 7) is 0.746. The molecule has 2 fully saturated rings.